The van der Waals surface area contributed by atoms with Gasteiger partial charge in [0.25, 0.3) is 0 Å². The number of ether oxygens (including phenoxy) is 1. The van der Waals surface area contributed by atoms with Crippen LogP contribution < -0.4 is 5.32 Å². The summed E-state index contributed by atoms with van der Waals surface area (Å²) in [6.45, 7) is 5.84. The highest BCUT2D eigenvalue weighted by Crippen LogP contribution is 2.17. The number of aromatic nitrogens is 2. The van der Waals surface area contributed by atoms with Gasteiger partial charge in [0.2, 0.25) is 0 Å². The summed E-state index contributed by atoms with van der Waals surface area (Å²) in [5.41, 5.74) is 3.43. The van der Waals surface area contributed by atoms with Crippen LogP contribution in [0, 0.1) is 6.92 Å². The predicted molar refractivity (Wildman–Crippen MR) is 79.0 cm³/mol. The van der Waals surface area contributed by atoms with E-state index in [-0.39, 0.29) is 0 Å². The minimum absolute atomic E-state index is 0.300. The van der Waals surface area contributed by atoms with Crippen LogP contribution in [-0.4, -0.2) is 28.5 Å². The van der Waals surface area contributed by atoms with E-state index < -0.39 is 0 Å². The van der Waals surface area contributed by atoms with E-state index in [1.807, 2.05) is 23.9 Å². The number of nitrogens with one attached hydrogen (secondary N) is 1. The number of para-hydroxylation sites is 1. The van der Waals surface area contributed by atoms with Crippen molar-refractivity contribution in [1.29, 1.82) is 0 Å². The lowest BCUT2D eigenvalue weighted by Gasteiger charge is -2.17. The second kappa shape index (κ2) is 5.77. The minimum atomic E-state index is 0.300. The zero-order valence-corrected chi connectivity index (χ0v) is 12.0. The Labute approximate surface area is 119 Å². The molecule has 0 spiro atoms. The second-order valence-electron chi connectivity index (χ2n) is 5.38. The molecule has 2 heterocycles. The zero-order chi connectivity index (χ0) is 13.9. The summed E-state index contributed by atoms with van der Waals surface area (Å²) in [5, 5.41) is 8.10. The monoisotopic (exact) mass is 271 g/mol. The molecule has 0 bridgehead atoms. The van der Waals surface area contributed by atoms with Gasteiger partial charge in [-0.3, -0.25) is 0 Å². The molecule has 0 amide bonds. The molecule has 1 aromatic heterocycles. The Morgan fingerprint density at radius 2 is 2.20 bits per heavy atom. The van der Waals surface area contributed by atoms with Gasteiger partial charge in [0.05, 0.1) is 17.5 Å². The first kappa shape index (κ1) is 13.3. The summed E-state index contributed by atoms with van der Waals surface area (Å²) in [6, 6.07) is 10.9. The van der Waals surface area contributed by atoms with Crippen LogP contribution in [0.2, 0.25) is 0 Å². The lowest BCUT2D eigenvalue weighted by Crippen LogP contribution is -2.34. The van der Waals surface area contributed by atoms with Crippen molar-refractivity contribution < 1.29 is 4.74 Å². The van der Waals surface area contributed by atoms with Crippen LogP contribution in [0.5, 0.6) is 0 Å². The molecule has 1 aliphatic heterocycles. The molecule has 106 valence electrons. The number of hydrogen-bond donors (Lipinski definition) is 1. The molecule has 2 atom stereocenters. The molecule has 1 saturated heterocycles. The van der Waals surface area contributed by atoms with E-state index in [9.17, 15) is 0 Å². The number of benzene rings is 1. The van der Waals surface area contributed by atoms with E-state index in [2.05, 4.69) is 41.6 Å². The molecule has 4 heteroatoms. The molecule has 4 nitrogen and oxygen atoms in total. The van der Waals surface area contributed by atoms with Crippen molar-refractivity contribution in [3.63, 3.8) is 0 Å². The van der Waals surface area contributed by atoms with Crippen LogP contribution in [0.15, 0.2) is 36.5 Å². The molecule has 0 unspecified atom stereocenters. The van der Waals surface area contributed by atoms with Crippen LogP contribution in [0.3, 0.4) is 0 Å². The van der Waals surface area contributed by atoms with Crippen LogP contribution in [0.25, 0.3) is 5.69 Å². The van der Waals surface area contributed by atoms with Gasteiger partial charge in [0, 0.05) is 25.4 Å². The fourth-order valence-electron chi connectivity index (χ4n) is 2.67. The summed E-state index contributed by atoms with van der Waals surface area (Å²) < 4.78 is 7.54. The molecule has 2 aromatic rings. The molecule has 1 fully saturated rings. The van der Waals surface area contributed by atoms with Crippen molar-refractivity contribution in [1.82, 2.24) is 15.1 Å². The lowest BCUT2D eigenvalue weighted by atomic mass is 10.1. The van der Waals surface area contributed by atoms with E-state index in [0.29, 0.717) is 12.1 Å². The Hall–Kier alpha value is -1.65. The van der Waals surface area contributed by atoms with Gasteiger partial charge in [-0.25, -0.2) is 4.68 Å². The smallest absolute Gasteiger partial charge is 0.0700 e. The van der Waals surface area contributed by atoms with Gasteiger partial charge in [-0.15, -0.1) is 0 Å². The first-order chi connectivity index (χ1) is 9.74. The molecule has 0 saturated carbocycles. The fourth-order valence-corrected chi connectivity index (χ4v) is 2.67. The highest BCUT2D eigenvalue weighted by Gasteiger charge is 2.23. The summed E-state index contributed by atoms with van der Waals surface area (Å²) in [5.74, 6) is 0. The summed E-state index contributed by atoms with van der Waals surface area (Å²) >= 11 is 0. The third-order valence-corrected chi connectivity index (χ3v) is 3.89. The van der Waals surface area contributed by atoms with Gasteiger partial charge in [-0.2, -0.15) is 5.10 Å². The minimum Gasteiger partial charge on any atom is -0.377 e. The molecular formula is C16H21N3O. The highest BCUT2D eigenvalue weighted by atomic mass is 16.5. The number of aryl methyl sites for hydroxylation is 1. The third kappa shape index (κ3) is 2.76. The third-order valence-electron chi connectivity index (χ3n) is 3.89. The van der Waals surface area contributed by atoms with Gasteiger partial charge in [0.1, 0.15) is 0 Å². The van der Waals surface area contributed by atoms with E-state index in [4.69, 9.17) is 4.74 Å². The Balaban J connectivity index is 1.76. The molecule has 20 heavy (non-hydrogen) atoms. The molecule has 1 N–H and O–H groups in total. The van der Waals surface area contributed by atoms with Crippen molar-refractivity contribution in [2.75, 3.05) is 6.61 Å². The van der Waals surface area contributed by atoms with Crippen molar-refractivity contribution in [3.8, 4) is 5.69 Å². The first-order valence-electron chi connectivity index (χ1n) is 7.19. The summed E-state index contributed by atoms with van der Waals surface area (Å²) in [7, 11) is 0. The van der Waals surface area contributed by atoms with Gasteiger partial charge >= 0.3 is 0 Å². The van der Waals surface area contributed by atoms with Crippen molar-refractivity contribution in [3.05, 3.63) is 47.8 Å². The number of nitrogens with zero attached hydrogens (tertiary/aromatic N) is 2. The molecule has 0 aliphatic carbocycles. The molecular weight excluding hydrogens is 250 g/mol. The van der Waals surface area contributed by atoms with Gasteiger partial charge in [0.15, 0.2) is 0 Å². The summed E-state index contributed by atoms with van der Waals surface area (Å²) in [6.07, 6.45) is 3.40. The van der Waals surface area contributed by atoms with Crippen molar-refractivity contribution in [2.24, 2.45) is 0 Å². The van der Waals surface area contributed by atoms with Gasteiger partial charge in [-0.05, 0) is 38.0 Å². The Kier molecular flexibility index (Phi) is 3.85. The predicted octanol–water partition coefficient (Wildman–Crippen LogP) is 2.45. The molecule has 1 aromatic carbocycles. The number of rotatable bonds is 4. The molecule has 0 radical (unpaired) electrons. The number of hydrogen-bond acceptors (Lipinski definition) is 3. The maximum absolute atomic E-state index is 5.59. The maximum atomic E-state index is 5.59. The van der Waals surface area contributed by atoms with E-state index in [1.54, 1.807) is 0 Å². The van der Waals surface area contributed by atoms with Gasteiger partial charge < -0.3 is 10.1 Å². The normalized spacial score (nSPS) is 22.3. The first-order valence-corrected chi connectivity index (χ1v) is 7.19. The Bertz CT molecular complexity index is 579. The average molecular weight is 271 g/mol. The zero-order valence-electron chi connectivity index (χ0n) is 12.0. The Morgan fingerprint density at radius 1 is 1.35 bits per heavy atom. The van der Waals surface area contributed by atoms with Gasteiger partial charge in [-0.1, -0.05) is 18.2 Å². The molecule has 3 rings (SSSR count). The second-order valence-corrected chi connectivity index (χ2v) is 5.38. The molecule has 1 aliphatic rings. The van der Waals surface area contributed by atoms with Crippen LogP contribution in [0.1, 0.15) is 24.6 Å². The fraction of sp³-hybridized carbons (Fsp3) is 0.438. The van der Waals surface area contributed by atoms with Crippen LogP contribution in [0.4, 0.5) is 0 Å². The standard InChI is InChI=1S/C16H21N3O/c1-12-7-9-19(18-12)16-6-4-3-5-14(16)11-17-15-8-10-20-13(15)2/h3-7,9,13,15,17H,8,10-11H2,1-2H3/t13-,15-/m1/s1. The van der Waals surface area contributed by atoms with E-state index in [0.717, 1.165) is 31.0 Å². The highest BCUT2D eigenvalue weighted by molar-refractivity contribution is 5.40. The topological polar surface area (TPSA) is 39.1 Å². The largest absolute Gasteiger partial charge is 0.377 e. The summed E-state index contributed by atoms with van der Waals surface area (Å²) in [4.78, 5) is 0. The van der Waals surface area contributed by atoms with Crippen molar-refractivity contribution >= 4 is 0 Å². The van der Waals surface area contributed by atoms with E-state index >= 15 is 0 Å². The lowest BCUT2D eigenvalue weighted by molar-refractivity contribution is 0.113. The van der Waals surface area contributed by atoms with Crippen molar-refractivity contribution in [2.45, 2.75) is 39.0 Å². The quantitative estimate of drug-likeness (QED) is 0.928. The van der Waals surface area contributed by atoms with E-state index in [1.165, 1.54) is 5.56 Å². The van der Waals surface area contributed by atoms with Crippen LogP contribution >= 0.6 is 0 Å². The maximum Gasteiger partial charge on any atom is 0.0700 e. The SMILES string of the molecule is Cc1ccn(-c2ccccc2CN[C@@H]2CCO[C@@H]2C)n1. The van der Waals surface area contributed by atoms with Crippen LogP contribution in [-0.2, 0) is 11.3 Å². The Morgan fingerprint density at radius 3 is 2.90 bits per heavy atom. The average Bonchev–Trinajstić information content (AvgIpc) is 3.06.